The summed E-state index contributed by atoms with van der Waals surface area (Å²) in [5.41, 5.74) is 1.54. The molecule has 0 saturated carbocycles. The van der Waals surface area contributed by atoms with Gasteiger partial charge in [-0.05, 0) is 38.5 Å². The fourth-order valence-corrected chi connectivity index (χ4v) is 2.74. The Labute approximate surface area is 135 Å². The van der Waals surface area contributed by atoms with Crippen molar-refractivity contribution in [1.29, 1.82) is 0 Å². The van der Waals surface area contributed by atoms with Gasteiger partial charge in [-0.1, -0.05) is 5.16 Å². The van der Waals surface area contributed by atoms with Crippen LogP contribution in [-0.4, -0.2) is 44.6 Å². The van der Waals surface area contributed by atoms with Crippen molar-refractivity contribution >= 4 is 5.91 Å². The number of aromatic nitrogens is 3. The van der Waals surface area contributed by atoms with Crippen LogP contribution in [0.15, 0.2) is 22.9 Å². The van der Waals surface area contributed by atoms with E-state index in [0.717, 1.165) is 12.1 Å². The number of hydrogen-bond acceptors (Lipinski definition) is 6. The minimum atomic E-state index is -0.253. The summed E-state index contributed by atoms with van der Waals surface area (Å²) in [6, 6.07) is 3.85. The molecule has 0 radical (unpaired) electrons. The van der Waals surface area contributed by atoms with Gasteiger partial charge in [-0.2, -0.15) is 4.98 Å². The Hall–Kier alpha value is -2.28. The highest BCUT2D eigenvalue weighted by molar-refractivity contribution is 5.77. The lowest BCUT2D eigenvalue weighted by atomic mass is 9.98. The predicted octanol–water partition coefficient (Wildman–Crippen LogP) is 1.54. The van der Waals surface area contributed by atoms with E-state index in [0.29, 0.717) is 36.9 Å². The second kappa shape index (κ2) is 6.08. The maximum absolute atomic E-state index is 11.7. The van der Waals surface area contributed by atoms with Gasteiger partial charge in [0.05, 0.1) is 6.54 Å². The summed E-state index contributed by atoms with van der Waals surface area (Å²) in [5.74, 6) is 1.10. The molecule has 1 aliphatic rings. The van der Waals surface area contributed by atoms with Gasteiger partial charge in [0.1, 0.15) is 5.69 Å². The summed E-state index contributed by atoms with van der Waals surface area (Å²) < 4.78 is 5.37. The highest BCUT2D eigenvalue weighted by atomic mass is 16.5. The number of pyridine rings is 1. The molecule has 2 aromatic heterocycles. The molecular formula is C16H21N5O2. The summed E-state index contributed by atoms with van der Waals surface area (Å²) in [6.07, 6.45) is 2.18. The fraction of sp³-hybridized carbons (Fsp3) is 0.500. The molecule has 1 fully saturated rings. The van der Waals surface area contributed by atoms with Gasteiger partial charge in [0.25, 0.3) is 0 Å². The lowest BCUT2D eigenvalue weighted by molar-refractivity contribution is -0.122. The van der Waals surface area contributed by atoms with Crippen molar-refractivity contribution < 1.29 is 9.32 Å². The molecule has 7 heteroatoms. The van der Waals surface area contributed by atoms with Gasteiger partial charge in [-0.15, -0.1) is 0 Å². The monoisotopic (exact) mass is 315 g/mol. The Kier molecular flexibility index (Phi) is 4.12. The molecule has 1 saturated heterocycles. The molecule has 1 aliphatic heterocycles. The third-order valence-electron chi connectivity index (χ3n) is 4.09. The minimum absolute atomic E-state index is 0.0766. The first-order valence-electron chi connectivity index (χ1n) is 7.71. The molecule has 1 amide bonds. The number of amides is 1. The zero-order valence-electron chi connectivity index (χ0n) is 13.7. The van der Waals surface area contributed by atoms with Gasteiger partial charge in [0, 0.05) is 31.2 Å². The molecule has 0 atom stereocenters. The van der Waals surface area contributed by atoms with Crippen LogP contribution in [0.2, 0.25) is 0 Å². The van der Waals surface area contributed by atoms with Crippen LogP contribution < -0.4 is 5.32 Å². The van der Waals surface area contributed by atoms with Crippen LogP contribution in [0.1, 0.15) is 31.7 Å². The van der Waals surface area contributed by atoms with E-state index >= 15 is 0 Å². The lowest BCUT2D eigenvalue weighted by Gasteiger charge is -2.34. The highest BCUT2D eigenvalue weighted by Crippen LogP contribution is 2.23. The normalized spacial score (nSPS) is 18.5. The van der Waals surface area contributed by atoms with E-state index < -0.39 is 0 Å². The van der Waals surface area contributed by atoms with E-state index in [-0.39, 0.29) is 11.4 Å². The van der Waals surface area contributed by atoms with Crippen molar-refractivity contribution in [2.24, 2.45) is 0 Å². The topological polar surface area (TPSA) is 84.2 Å². The largest absolute Gasteiger partial charge is 0.355 e. The van der Waals surface area contributed by atoms with Crippen molar-refractivity contribution in [2.75, 3.05) is 13.1 Å². The third kappa shape index (κ3) is 3.56. The Morgan fingerprint density at radius 1 is 1.43 bits per heavy atom. The summed E-state index contributed by atoms with van der Waals surface area (Å²) in [5, 5.41) is 6.92. The van der Waals surface area contributed by atoms with E-state index in [2.05, 4.69) is 39.2 Å². The molecule has 3 rings (SSSR count). The van der Waals surface area contributed by atoms with Crippen molar-refractivity contribution in [1.82, 2.24) is 25.3 Å². The second-order valence-corrected chi connectivity index (χ2v) is 6.49. The van der Waals surface area contributed by atoms with Crippen LogP contribution in [-0.2, 0) is 11.3 Å². The van der Waals surface area contributed by atoms with Crippen LogP contribution in [0.25, 0.3) is 11.5 Å². The van der Waals surface area contributed by atoms with Crippen molar-refractivity contribution in [3.8, 4) is 11.5 Å². The Morgan fingerprint density at radius 2 is 2.26 bits per heavy atom. The van der Waals surface area contributed by atoms with Crippen LogP contribution >= 0.6 is 0 Å². The highest BCUT2D eigenvalue weighted by Gasteiger charge is 2.32. The van der Waals surface area contributed by atoms with Crippen LogP contribution in [0.3, 0.4) is 0 Å². The smallest absolute Gasteiger partial charge is 0.241 e. The van der Waals surface area contributed by atoms with Crippen molar-refractivity contribution in [2.45, 2.75) is 39.3 Å². The number of carbonyl (C=O) groups is 1. The van der Waals surface area contributed by atoms with Gasteiger partial charge in [-0.25, -0.2) is 0 Å². The zero-order valence-corrected chi connectivity index (χ0v) is 13.7. The molecule has 1 N–H and O–H groups in total. The molecule has 0 aliphatic carbocycles. The van der Waals surface area contributed by atoms with Crippen LogP contribution in [0, 0.1) is 6.92 Å². The average molecular weight is 315 g/mol. The molecular weight excluding hydrogens is 294 g/mol. The maximum Gasteiger partial charge on any atom is 0.241 e. The Balaban J connectivity index is 1.77. The zero-order chi connectivity index (χ0) is 16.4. The molecule has 7 nitrogen and oxygen atoms in total. The first-order chi connectivity index (χ1) is 10.9. The van der Waals surface area contributed by atoms with Crippen molar-refractivity contribution in [3.05, 3.63) is 29.8 Å². The maximum atomic E-state index is 11.7. The SMILES string of the molecule is Cc1ccnc(-c2noc(CN3CCNC(=O)CC3(C)C)n2)c1. The van der Waals surface area contributed by atoms with Crippen LogP contribution in [0.4, 0.5) is 0 Å². The van der Waals surface area contributed by atoms with Gasteiger partial charge >= 0.3 is 0 Å². The Bertz CT molecular complexity index is 710. The number of aryl methyl sites for hydroxylation is 1. The number of rotatable bonds is 3. The van der Waals surface area contributed by atoms with Crippen LogP contribution in [0.5, 0.6) is 0 Å². The number of nitrogens with zero attached hydrogens (tertiary/aromatic N) is 4. The number of carbonyl (C=O) groups excluding carboxylic acids is 1. The molecule has 3 heterocycles. The van der Waals surface area contributed by atoms with Gasteiger partial charge in [0.15, 0.2) is 0 Å². The summed E-state index contributed by atoms with van der Waals surface area (Å²) in [4.78, 5) is 22.6. The first-order valence-corrected chi connectivity index (χ1v) is 7.71. The Morgan fingerprint density at radius 3 is 3.04 bits per heavy atom. The van der Waals surface area contributed by atoms with Gasteiger partial charge < -0.3 is 9.84 Å². The van der Waals surface area contributed by atoms with E-state index in [4.69, 9.17) is 4.52 Å². The molecule has 0 aromatic carbocycles. The molecule has 0 bridgehead atoms. The van der Waals surface area contributed by atoms with Crippen molar-refractivity contribution in [3.63, 3.8) is 0 Å². The second-order valence-electron chi connectivity index (χ2n) is 6.49. The number of nitrogens with one attached hydrogen (secondary N) is 1. The molecule has 122 valence electrons. The van der Waals surface area contributed by atoms with E-state index in [9.17, 15) is 4.79 Å². The van der Waals surface area contributed by atoms with Gasteiger partial charge in [-0.3, -0.25) is 14.7 Å². The molecule has 23 heavy (non-hydrogen) atoms. The molecule has 2 aromatic rings. The third-order valence-corrected chi connectivity index (χ3v) is 4.09. The minimum Gasteiger partial charge on any atom is -0.355 e. The summed E-state index contributed by atoms with van der Waals surface area (Å²) in [6.45, 7) is 7.99. The number of hydrogen-bond donors (Lipinski definition) is 1. The summed E-state index contributed by atoms with van der Waals surface area (Å²) >= 11 is 0. The lowest BCUT2D eigenvalue weighted by Crippen LogP contribution is -2.44. The average Bonchev–Trinajstić information content (AvgIpc) is 2.89. The fourth-order valence-electron chi connectivity index (χ4n) is 2.74. The molecule has 0 spiro atoms. The van der Waals surface area contributed by atoms with E-state index in [1.807, 2.05) is 19.1 Å². The molecule has 0 unspecified atom stereocenters. The van der Waals surface area contributed by atoms with E-state index in [1.54, 1.807) is 6.20 Å². The van der Waals surface area contributed by atoms with E-state index in [1.165, 1.54) is 0 Å². The predicted molar refractivity (Wildman–Crippen MR) is 84.4 cm³/mol. The quantitative estimate of drug-likeness (QED) is 0.925. The standard InChI is InChI=1S/C16H21N5O2/c1-11-4-5-17-12(8-11)15-19-14(23-20-15)10-21-7-6-18-13(22)9-16(21,2)3/h4-5,8H,6-7,9-10H2,1-3H3,(H,18,22). The summed E-state index contributed by atoms with van der Waals surface area (Å²) in [7, 11) is 0. The van der Waals surface area contributed by atoms with Gasteiger partial charge in [0.2, 0.25) is 17.6 Å². The first kappa shape index (κ1) is 15.6.